The normalized spacial score (nSPS) is 15.6. The van der Waals surface area contributed by atoms with Gasteiger partial charge in [-0.15, -0.1) is 0 Å². The van der Waals surface area contributed by atoms with E-state index >= 15 is 0 Å². The summed E-state index contributed by atoms with van der Waals surface area (Å²) in [5, 5.41) is 4.52. The third kappa shape index (κ3) is 4.32. The maximum absolute atomic E-state index is 6.34. The van der Waals surface area contributed by atoms with Crippen molar-refractivity contribution in [2.24, 2.45) is 17.1 Å². The second kappa shape index (κ2) is 6.40. The molecule has 0 fully saturated rings. The molecule has 0 bridgehead atoms. The van der Waals surface area contributed by atoms with Gasteiger partial charge in [-0.3, -0.25) is 4.68 Å². The molecule has 0 amide bonds. The molecule has 0 spiro atoms. The smallest absolute Gasteiger partial charge is 0.0738 e. The van der Waals surface area contributed by atoms with Crippen LogP contribution in [0.1, 0.15) is 52.4 Å². The Hall–Kier alpha value is -0.350. The summed E-state index contributed by atoms with van der Waals surface area (Å²) in [6.07, 6.45) is 1.93. The van der Waals surface area contributed by atoms with Gasteiger partial charge >= 0.3 is 0 Å². The summed E-state index contributed by atoms with van der Waals surface area (Å²) in [6, 6.07) is 0.187. The lowest BCUT2D eigenvalue weighted by Gasteiger charge is -2.29. The average Bonchev–Trinajstić information content (AvgIpc) is 2.55. The molecule has 2 atom stereocenters. The highest BCUT2D eigenvalue weighted by atomic mass is 79.9. The van der Waals surface area contributed by atoms with Gasteiger partial charge in [0.25, 0.3) is 0 Å². The number of halogens is 1. The molecular weight excluding hydrogens is 302 g/mol. The van der Waals surface area contributed by atoms with Crippen LogP contribution in [0.2, 0.25) is 0 Å². The van der Waals surface area contributed by atoms with Gasteiger partial charge in [-0.05, 0) is 47.5 Å². The van der Waals surface area contributed by atoms with Crippen LogP contribution in [0.15, 0.2) is 4.47 Å². The molecule has 110 valence electrons. The van der Waals surface area contributed by atoms with Crippen molar-refractivity contribution in [1.82, 2.24) is 9.78 Å². The van der Waals surface area contributed by atoms with E-state index in [2.05, 4.69) is 60.3 Å². The van der Waals surface area contributed by atoms with Gasteiger partial charge in [0.05, 0.1) is 15.9 Å². The molecule has 0 saturated carbocycles. The third-order valence-corrected chi connectivity index (χ3v) is 5.07. The quantitative estimate of drug-likeness (QED) is 0.889. The number of aromatic nitrogens is 2. The van der Waals surface area contributed by atoms with E-state index < -0.39 is 0 Å². The number of hydrogen-bond acceptors (Lipinski definition) is 2. The van der Waals surface area contributed by atoms with Gasteiger partial charge in [-0.1, -0.05) is 27.7 Å². The van der Waals surface area contributed by atoms with E-state index in [-0.39, 0.29) is 6.04 Å². The summed E-state index contributed by atoms with van der Waals surface area (Å²) in [7, 11) is 0. The van der Waals surface area contributed by atoms with Gasteiger partial charge in [0, 0.05) is 19.0 Å². The van der Waals surface area contributed by atoms with Crippen LogP contribution in [0.5, 0.6) is 0 Å². The summed E-state index contributed by atoms with van der Waals surface area (Å²) >= 11 is 3.64. The molecule has 0 saturated heterocycles. The van der Waals surface area contributed by atoms with E-state index in [4.69, 9.17) is 5.73 Å². The monoisotopic (exact) mass is 329 g/mol. The van der Waals surface area contributed by atoms with Crippen molar-refractivity contribution < 1.29 is 0 Å². The van der Waals surface area contributed by atoms with Crippen molar-refractivity contribution in [2.45, 2.75) is 67.0 Å². The van der Waals surface area contributed by atoms with Gasteiger partial charge in [-0.25, -0.2) is 0 Å². The van der Waals surface area contributed by atoms with Gasteiger partial charge in [0.15, 0.2) is 0 Å². The molecule has 2 N–H and O–H groups in total. The molecule has 0 aliphatic carbocycles. The van der Waals surface area contributed by atoms with Crippen LogP contribution in [-0.4, -0.2) is 15.8 Å². The molecular formula is C15H28BrN3. The molecule has 19 heavy (non-hydrogen) atoms. The lowest BCUT2D eigenvalue weighted by molar-refractivity contribution is 0.232. The van der Waals surface area contributed by atoms with Crippen LogP contribution in [0.4, 0.5) is 0 Å². The third-order valence-electron chi connectivity index (χ3n) is 4.04. The Bertz CT molecular complexity index is 418. The minimum Gasteiger partial charge on any atom is -0.327 e. The standard InChI is InChI=1S/C15H28BrN3/c1-7-19-13(14(16)11(3)18-19)9-12(17)8-10(2)15(4,5)6/h10,12H,7-9,17H2,1-6H3. The van der Waals surface area contributed by atoms with E-state index in [9.17, 15) is 0 Å². The zero-order valence-corrected chi connectivity index (χ0v) is 14.7. The fourth-order valence-electron chi connectivity index (χ4n) is 2.20. The summed E-state index contributed by atoms with van der Waals surface area (Å²) in [5.41, 5.74) is 8.94. The second-order valence-electron chi connectivity index (χ2n) is 6.63. The van der Waals surface area contributed by atoms with E-state index in [0.717, 1.165) is 29.6 Å². The highest BCUT2D eigenvalue weighted by molar-refractivity contribution is 9.10. The van der Waals surface area contributed by atoms with Crippen LogP contribution in [0.25, 0.3) is 0 Å². The van der Waals surface area contributed by atoms with Crippen molar-refractivity contribution in [2.75, 3.05) is 0 Å². The number of nitrogens with two attached hydrogens (primary N) is 1. The van der Waals surface area contributed by atoms with Crippen molar-refractivity contribution in [3.05, 3.63) is 15.9 Å². The largest absolute Gasteiger partial charge is 0.327 e. The molecule has 0 aliphatic heterocycles. The maximum atomic E-state index is 6.34. The van der Waals surface area contributed by atoms with E-state index in [1.807, 2.05) is 6.92 Å². The molecule has 0 aliphatic rings. The Labute approximate surface area is 126 Å². The highest BCUT2D eigenvalue weighted by Crippen LogP contribution is 2.30. The molecule has 1 heterocycles. The molecule has 3 nitrogen and oxygen atoms in total. The zero-order chi connectivity index (χ0) is 14.8. The minimum atomic E-state index is 0.187. The molecule has 1 aromatic rings. The first-order chi connectivity index (χ1) is 8.66. The minimum absolute atomic E-state index is 0.187. The predicted molar refractivity (Wildman–Crippen MR) is 85.3 cm³/mol. The molecule has 0 radical (unpaired) electrons. The van der Waals surface area contributed by atoms with Gasteiger partial charge < -0.3 is 5.73 Å². The van der Waals surface area contributed by atoms with Crippen molar-refractivity contribution >= 4 is 15.9 Å². The SMILES string of the molecule is CCn1nc(C)c(Br)c1CC(N)CC(C)C(C)(C)C. The topological polar surface area (TPSA) is 43.8 Å². The van der Waals surface area contributed by atoms with Gasteiger partial charge in [-0.2, -0.15) is 5.10 Å². The van der Waals surface area contributed by atoms with Crippen LogP contribution in [0, 0.1) is 18.3 Å². The summed E-state index contributed by atoms with van der Waals surface area (Å²) in [4.78, 5) is 0. The first-order valence-electron chi connectivity index (χ1n) is 7.14. The fourth-order valence-corrected chi connectivity index (χ4v) is 2.65. The van der Waals surface area contributed by atoms with Crippen LogP contribution < -0.4 is 5.73 Å². The van der Waals surface area contributed by atoms with Gasteiger partial charge in [0.2, 0.25) is 0 Å². The average molecular weight is 330 g/mol. The van der Waals surface area contributed by atoms with Crippen molar-refractivity contribution in [3.8, 4) is 0 Å². The first-order valence-corrected chi connectivity index (χ1v) is 7.93. The summed E-state index contributed by atoms with van der Waals surface area (Å²) < 4.78 is 3.18. The highest BCUT2D eigenvalue weighted by Gasteiger charge is 2.23. The van der Waals surface area contributed by atoms with Gasteiger partial charge in [0.1, 0.15) is 0 Å². The lowest BCUT2D eigenvalue weighted by atomic mass is 9.78. The molecule has 1 aromatic heterocycles. The van der Waals surface area contributed by atoms with Crippen LogP contribution in [-0.2, 0) is 13.0 Å². The molecule has 1 rings (SSSR count). The number of aryl methyl sites for hydroxylation is 2. The first kappa shape index (κ1) is 16.7. The summed E-state index contributed by atoms with van der Waals surface area (Å²) in [6.45, 7) is 14.2. The van der Waals surface area contributed by atoms with E-state index in [0.29, 0.717) is 11.3 Å². The predicted octanol–water partition coefficient (Wildman–Crippen LogP) is 3.92. The number of hydrogen-bond donors (Lipinski definition) is 1. The fraction of sp³-hybridized carbons (Fsp3) is 0.800. The molecule has 4 heteroatoms. The molecule has 2 unspecified atom stereocenters. The van der Waals surface area contributed by atoms with E-state index in [1.54, 1.807) is 0 Å². The Morgan fingerprint density at radius 2 is 1.95 bits per heavy atom. The molecule has 0 aromatic carbocycles. The Morgan fingerprint density at radius 1 is 1.37 bits per heavy atom. The second-order valence-corrected chi connectivity index (χ2v) is 7.42. The maximum Gasteiger partial charge on any atom is 0.0738 e. The van der Waals surface area contributed by atoms with Crippen molar-refractivity contribution in [1.29, 1.82) is 0 Å². The number of rotatable bonds is 5. The Kier molecular flexibility index (Phi) is 5.63. The summed E-state index contributed by atoms with van der Waals surface area (Å²) in [5.74, 6) is 0.611. The van der Waals surface area contributed by atoms with Crippen LogP contribution >= 0.6 is 15.9 Å². The Balaban J connectivity index is 2.75. The zero-order valence-electron chi connectivity index (χ0n) is 13.1. The number of nitrogens with zero attached hydrogens (tertiary/aromatic N) is 2. The Morgan fingerprint density at radius 3 is 2.42 bits per heavy atom. The van der Waals surface area contributed by atoms with Crippen LogP contribution in [0.3, 0.4) is 0 Å². The van der Waals surface area contributed by atoms with E-state index in [1.165, 1.54) is 5.69 Å². The lowest BCUT2D eigenvalue weighted by Crippen LogP contribution is -2.31. The van der Waals surface area contributed by atoms with Crippen molar-refractivity contribution in [3.63, 3.8) is 0 Å².